The first-order chi connectivity index (χ1) is 9.29. The number of likely N-dealkylation sites (tertiary alicyclic amines) is 1. The maximum atomic E-state index is 12.1. The van der Waals surface area contributed by atoms with E-state index in [0.29, 0.717) is 11.8 Å². The smallest absolute Gasteiger partial charge is 0.410 e. The van der Waals surface area contributed by atoms with Crippen LogP contribution in [0.2, 0.25) is 0 Å². The standard InChI is InChI=1S/C15H22N2O2/c1-2-10-16-13-7-6-11-17(12-13)15(18)19-14-8-4-3-5-9-14/h3-5,8-9,13,16H,2,6-7,10-12H2,1H3. The summed E-state index contributed by atoms with van der Waals surface area (Å²) in [6.07, 6.45) is 3.04. The number of carbonyl (C=O) groups is 1. The number of para-hydroxylation sites is 1. The summed E-state index contributed by atoms with van der Waals surface area (Å²) in [5.74, 6) is 0.608. The number of rotatable bonds is 4. The summed E-state index contributed by atoms with van der Waals surface area (Å²) >= 11 is 0. The van der Waals surface area contributed by atoms with Crippen LogP contribution in [0.1, 0.15) is 26.2 Å². The lowest BCUT2D eigenvalue weighted by Crippen LogP contribution is -2.49. The van der Waals surface area contributed by atoms with Gasteiger partial charge in [0.1, 0.15) is 5.75 Å². The molecular weight excluding hydrogens is 240 g/mol. The normalized spacial score (nSPS) is 19.2. The molecule has 1 amide bonds. The Kier molecular flexibility index (Phi) is 5.21. The van der Waals surface area contributed by atoms with E-state index in [1.54, 1.807) is 17.0 Å². The number of nitrogens with zero attached hydrogens (tertiary/aromatic N) is 1. The van der Waals surface area contributed by atoms with Crippen LogP contribution in [0.4, 0.5) is 4.79 Å². The molecule has 2 rings (SSSR count). The third-order valence-corrected chi connectivity index (χ3v) is 3.31. The van der Waals surface area contributed by atoms with Crippen LogP contribution in [0.25, 0.3) is 0 Å². The van der Waals surface area contributed by atoms with Gasteiger partial charge in [-0.2, -0.15) is 0 Å². The van der Waals surface area contributed by atoms with Crippen LogP contribution in [0, 0.1) is 0 Å². The van der Waals surface area contributed by atoms with Crippen LogP contribution in [0.5, 0.6) is 5.75 Å². The lowest BCUT2D eigenvalue weighted by Gasteiger charge is -2.32. The van der Waals surface area contributed by atoms with Gasteiger partial charge in [0.2, 0.25) is 0 Å². The van der Waals surface area contributed by atoms with Gasteiger partial charge >= 0.3 is 6.09 Å². The molecule has 0 saturated carbocycles. The Morgan fingerprint density at radius 3 is 2.95 bits per heavy atom. The van der Waals surface area contributed by atoms with Gasteiger partial charge in [0.25, 0.3) is 0 Å². The molecule has 1 N–H and O–H groups in total. The number of hydrogen-bond donors (Lipinski definition) is 1. The Morgan fingerprint density at radius 1 is 1.42 bits per heavy atom. The van der Waals surface area contributed by atoms with Gasteiger partial charge in [0.05, 0.1) is 0 Å². The number of hydrogen-bond acceptors (Lipinski definition) is 3. The fourth-order valence-corrected chi connectivity index (χ4v) is 2.31. The van der Waals surface area contributed by atoms with Crippen molar-refractivity contribution >= 4 is 6.09 Å². The van der Waals surface area contributed by atoms with Crippen LogP contribution >= 0.6 is 0 Å². The molecule has 0 bridgehead atoms. The van der Waals surface area contributed by atoms with E-state index in [0.717, 1.165) is 38.9 Å². The van der Waals surface area contributed by atoms with Crippen molar-refractivity contribution < 1.29 is 9.53 Å². The lowest BCUT2D eigenvalue weighted by molar-refractivity contribution is 0.132. The quantitative estimate of drug-likeness (QED) is 0.907. The van der Waals surface area contributed by atoms with Gasteiger partial charge in [-0.05, 0) is 37.9 Å². The summed E-state index contributed by atoms with van der Waals surface area (Å²) in [4.78, 5) is 13.9. The predicted molar refractivity (Wildman–Crippen MR) is 75.4 cm³/mol. The maximum Gasteiger partial charge on any atom is 0.415 e. The zero-order valence-electron chi connectivity index (χ0n) is 11.5. The Labute approximate surface area is 114 Å². The summed E-state index contributed by atoms with van der Waals surface area (Å²) in [7, 11) is 0. The minimum Gasteiger partial charge on any atom is -0.410 e. The molecule has 19 heavy (non-hydrogen) atoms. The second kappa shape index (κ2) is 7.14. The highest BCUT2D eigenvalue weighted by molar-refractivity contribution is 5.70. The molecule has 1 heterocycles. The molecule has 0 aromatic heterocycles. The van der Waals surface area contributed by atoms with Crippen molar-refractivity contribution in [2.75, 3.05) is 19.6 Å². The predicted octanol–water partition coefficient (Wildman–Crippen LogP) is 2.65. The third kappa shape index (κ3) is 4.24. The lowest BCUT2D eigenvalue weighted by atomic mass is 10.1. The van der Waals surface area contributed by atoms with E-state index in [2.05, 4.69) is 12.2 Å². The minimum atomic E-state index is -0.241. The monoisotopic (exact) mass is 262 g/mol. The Bertz CT molecular complexity index is 394. The average Bonchev–Trinajstić information content (AvgIpc) is 2.46. The highest BCUT2D eigenvalue weighted by atomic mass is 16.6. The molecule has 1 aliphatic heterocycles. The number of amides is 1. The van der Waals surface area contributed by atoms with E-state index in [9.17, 15) is 4.79 Å². The highest BCUT2D eigenvalue weighted by Gasteiger charge is 2.24. The Balaban J connectivity index is 1.85. The van der Waals surface area contributed by atoms with Crippen LogP contribution < -0.4 is 10.1 Å². The maximum absolute atomic E-state index is 12.1. The summed E-state index contributed by atoms with van der Waals surface area (Å²) in [5.41, 5.74) is 0. The highest BCUT2D eigenvalue weighted by Crippen LogP contribution is 2.14. The van der Waals surface area contributed by atoms with Gasteiger partial charge in [0, 0.05) is 19.1 Å². The molecule has 4 nitrogen and oxygen atoms in total. The van der Waals surface area contributed by atoms with Crippen molar-refractivity contribution in [3.63, 3.8) is 0 Å². The molecule has 0 aliphatic carbocycles. The van der Waals surface area contributed by atoms with E-state index in [1.807, 2.05) is 18.2 Å². The Hall–Kier alpha value is -1.55. The number of benzene rings is 1. The molecule has 1 fully saturated rings. The van der Waals surface area contributed by atoms with Crippen molar-refractivity contribution in [2.45, 2.75) is 32.2 Å². The molecule has 1 saturated heterocycles. The topological polar surface area (TPSA) is 41.6 Å². The van der Waals surface area contributed by atoms with Gasteiger partial charge in [0.15, 0.2) is 0 Å². The van der Waals surface area contributed by atoms with Gasteiger partial charge in [-0.25, -0.2) is 4.79 Å². The number of carbonyl (C=O) groups excluding carboxylic acids is 1. The molecule has 1 atom stereocenters. The van der Waals surface area contributed by atoms with Crippen molar-refractivity contribution in [1.29, 1.82) is 0 Å². The SMILES string of the molecule is CCCNC1CCCN(C(=O)Oc2ccccc2)C1. The van der Waals surface area contributed by atoms with Gasteiger partial charge in [-0.15, -0.1) is 0 Å². The molecule has 1 unspecified atom stereocenters. The Morgan fingerprint density at radius 2 is 2.21 bits per heavy atom. The van der Waals surface area contributed by atoms with Crippen molar-refractivity contribution in [2.24, 2.45) is 0 Å². The number of ether oxygens (including phenoxy) is 1. The zero-order valence-corrected chi connectivity index (χ0v) is 11.5. The van der Waals surface area contributed by atoms with Crippen molar-refractivity contribution in [1.82, 2.24) is 10.2 Å². The first-order valence-corrected chi connectivity index (χ1v) is 7.04. The second-order valence-electron chi connectivity index (χ2n) is 4.92. The largest absolute Gasteiger partial charge is 0.415 e. The molecule has 1 aromatic rings. The zero-order chi connectivity index (χ0) is 13.5. The molecule has 0 spiro atoms. The molecular formula is C15H22N2O2. The summed E-state index contributed by atoms with van der Waals surface area (Å²) in [6, 6.07) is 9.64. The fourth-order valence-electron chi connectivity index (χ4n) is 2.31. The first-order valence-electron chi connectivity index (χ1n) is 7.04. The molecule has 104 valence electrons. The fraction of sp³-hybridized carbons (Fsp3) is 0.533. The van der Waals surface area contributed by atoms with Crippen LogP contribution in [0.3, 0.4) is 0 Å². The van der Waals surface area contributed by atoms with Crippen molar-refractivity contribution in [3.8, 4) is 5.75 Å². The summed E-state index contributed by atoms with van der Waals surface area (Å²) < 4.78 is 5.37. The van der Waals surface area contributed by atoms with Crippen molar-refractivity contribution in [3.05, 3.63) is 30.3 Å². The first kappa shape index (κ1) is 13.9. The van der Waals surface area contributed by atoms with Crippen LogP contribution in [0.15, 0.2) is 30.3 Å². The minimum absolute atomic E-state index is 0.241. The van der Waals surface area contributed by atoms with E-state index in [4.69, 9.17) is 4.74 Å². The number of piperidine rings is 1. The second-order valence-corrected chi connectivity index (χ2v) is 4.92. The van der Waals surface area contributed by atoms with E-state index < -0.39 is 0 Å². The van der Waals surface area contributed by atoms with Gasteiger partial charge in [-0.1, -0.05) is 25.1 Å². The van der Waals surface area contributed by atoms with E-state index in [1.165, 1.54) is 0 Å². The molecule has 1 aromatic carbocycles. The van der Waals surface area contributed by atoms with E-state index >= 15 is 0 Å². The van der Waals surface area contributed by atoms with E-state index in [-0.39, 0.29) is 6.09 Å². The van der Waals surface area contributed by atoms with Gasteiger partial charge < -0.3 is 15.0 Å². The average molecular weight is 262 g/mol. The third-order valence-electron chi connectivity index (χ3n) is 3.31. The molecule has 1 aliphatic rings. The van der Waals surface area contributed by atoms with Crippen LogP contribution in [-0.4, -0.2) is 36.7 Å². The summed E-state index contributed by atoms with van der Waals surface area (Å²) in [5, 5.41) is 3.47. The molecule has 0 radical (unpaired) electrons. The summed E-state index contributed by atoms with van der Waals surface area (Å²) in [6.45, 7) is 4.69. The molecule has 4 heteroatoms. The number of nitrogens with one attached hydrogen (secondary N) is 1. The van der Waals surface area contributed by atoms with Crippen LogP contribution in [-0.2, 0) is 0 Å². The van der Waals surface area contributed by atoms with Gasteiger partial charge in [-0.3, -0.25) is 0 Å².